The van der Waals surface area contributed by atoms with Gasteiger partial charge in [-0.15, -0.1) is 0 Å². The highest BCUT2D eigenvalue weighted by molar-refractivity contribution is 7.84. The van der Waals surface area contributed by atoms with E-state index in [4.69, 9.17) is 0 Å². The Morgan fingerprint density at radius 1 is 1.24 bits per heavy atom. The number of alkyl halides is 3. The van der Waals surface area contributed by atoms with Crippen molar-refractivity contribution in [3.05, 3.63) is 42.2 Å². The van der Waals surface area contributed by atoms with Crippen LogP contribution >= 0.6 is 0 Å². The quantitative estimate of drug-likeness (QED) is 0.680. The van der Waals surface area contributed by atoms with E-state index in [1.54, 1.807) is 0 Å². The molecular weight excluding hydrogens is 310 g/mol. The number of aromatic amines is 1. The molecule has 1 heterocycles. The Labute approximate surface area is 120 Å². The van der Waals surface area contributed by atoms with Gasteiger partial charge in [0.25, 0.3) is 0 Å². The Hall–Kier alpha value is -1.90. The molecule has 0 aliphatic heterocycles. The van der Waals surface area contributed by atoms with Crippen molar-refractivity contribution < 1.29 is 21.9 Å². The highest BCUT2D eigenvalue weighted by atomic mass is 32.2. The van der Waals surface area contributed by atoms with Gasteiger partial charge in [0.05, 0.1) is 22.2 Å². The van der Waals surface area contributed by atoms with Crippen LogP contribution in [0.3, 0.4) is 0 Å². The van der Waals surface area contributed by atoms with Gasteiger partial charge in [-0.25, -0.2) is 10.1 Å². The number of nitrogens with zero attached hydrogens (tertiary/aromatic N) is 2. The number of aromatic nitrogens is 2. The zero-order valence-electron chi connectivity index (χ0n) is 10.6. The smallest absolute Gasteiger partial charge is 0.338 e. The molecule has 1 N–H and O–H groups in total. The Balaban J connectivity index is 2.00. The summed E-state index contributed by atoms with van der Waals surface area (Å²) in [6.07, 6.45) is -1.61. The van der Waals surface area contributed by atoms with Crippen LogP contribution in [-0.4, -0.2) is 26.9 Å². The molecule has 1 aromatic heterocycles. The molecule has 1 atom stereocenters. The minimum Gasteiger partial charge on any atom is -0.338 e. The van der Waals surface area contributed by atoms with E-state index in [9.17, 15) is 21.9 Å². The number of halogens is 4. The summed E-state index contributed by atoms with van der Waals surface area (Å²) in [6, 6.07) is 5.28. The Morgan fingerprint density at radius 3 is 2.43 bits per heavy atom. The first-order valence-electron chi connectivity index (χ1n) is 5.82. The molecule has 4 nitrogen and oxygen atoms in total. The number of imidazole rings is 1. The van der Waals surface area contributed by atoms with E-state index in [1.807, 2.05) is 0 Å². The van der Waals surface area contributed by atoms with Gasteiger partial charge in [0.15, 0.2) is 5.16 Å². The lowest BCUT2D eigenvalue weighted by atomic mass is 10.2. The second kappa shape index (κ2) is 6.25. The van der Waals surface area contributed by atoms with Crippen LogP contribution in [0.4, 0.5) is 23.3 Å². The summed E-state index contributed by atoms with van der Waals surface area (Å²) in [6.45, 7) is -1.68. The largest absolute Gasteiger partial charge is 0.408 e. The number of nitrogens with one attached hydrogen (secondary N) is 1. The fraction of sp³-hybridized carbons (Fsp3) is 0.250. The van der Waals surface area contributed by atoms with Gasteiger partial charge in [0.1, 0.15) is 6.54 Å². The van der Waals surface area contributed by atoms with Crippen LogP contribution in [0.15, 0.2) is 41.8 Å². The summed E-state index contributed by atoms with van der Waals surface area (Å²) in [5.74, 6) is 0.138. The van der Waals surface area contributed by atoms with Crippen LogP contribution in [0.25, 0.3) is 0 Å². The fourth-order valence-corrected chi connectivity index (χ4v) is 2.61. The normalized spacial score (nSPS) is 13.1. The first-order chi connectivity index (χ1) is 9.85. The highest BCUT2D eigenvalue weighted by Gasteiger charge is 2.31. The summed E-state index contributed by atoms with van der Waals surface area (Å²) in [5, 5.41) is -0.0731. The molecule has 2 rings (SSSR count). The summed E-state index contributed by atoms with van der Waals surface area (Å²) in [4.78, 5) is 6.56. The maximum atomic E-state index is 13.3. The van der Waals surface area contributed by atoms with Gasteiger partial charge in [0, 0.05) is 12.4 Å². The lowest BCUT2D eigenvalue weighted by Crippen LogP contribution is -2.27. The van der Waals surface area contributed by atoms with Crippen LogP contribution in [0.5, 0.6) is 0 Å². The number of H-pyrrole nitrogens is 1. The van der Waals surface area contributed by atoms with Crippen LogP contribution in [0.2, 0.25) is 0 Å². The summed E-state index contributed by atoms with van der Waals surface area (Å²) >= 11 is 0. The molecule has 1 aromatic carbocycles. The monoisotopic (exact) mass is 321 g/mol. The van der Waals surface area contributed by atoms with Gasteiger partial charge in [-0.1, -0.05) is 16.6 Å². The third-order valence-corrected chi connectivity index (χ3v) is 3.77. The lowest BCUT2D eigenvalue weighted by molar-refractivity contribution is -0.124. The molecule has 0 saturated carbocycles. The van der Waals surface area contributed by atoms with Gasteiger partial charge in [0.2, 0.25) is 0 Å². The van der Waals surface area contributed by atoms with Gasteiger partial charge in [-0.3, -0.25) is 4.21 Å². The van der Waals surface area contributed by atoms with E-state index in [-0.39, 0.29) is 16.6 Å². The number of hydrogen-bond acceptors (Lipinski definition) is 3. The average molecular weight is 321 g/mol. The zero-order valence-corrected chi connectivity index (χ0v) is 11.4. The van der Waals surface area contributed by atoms with Crippen LogP contribution < -0.4 is 5.12 Å². The van der Waals surface area contributed by atoms with Crippen molar-refractivity contribution in [1.82, 2.24) is 9.97 Å². The Bertz CT molecular complexity index is 598. The van der Waals surface area contributed by atoms with Crippen LogP contribution in [0.1, 0.15) is 5.56 Å². The van der Waals surface area contributed by atoms with Crippen molar-refractivity contribution in [2.75, 3.05) is 11.7 Å². The molecule has 0 aliphatic rings. The molecule has 0 fully saturated rings. The van der Waals surface area contributed by atoms with E-state index < -0.39 is 23.5 Å². The Kier molecular flexibility index (Phi) is 4.61. The molecule has 21 heavy (non-hydrogen) atoms. The van der Waals surface area contributed by atoms with Crippen molar-refractivity contribution in [2.24, 2.45) is 0 Å². The average Bonchev–Trinajstić information content (AvgIpc) is 2.91. The molecular formula is C12H11F4N3OS. The summed E-state index contributed by atoms with van der Waals surface area (Å²) < 4.78 is 61.4. The standard InChI is InChI=1S/C12H11F4N3OS/c13-12(14,15)8-19(16)10-3-1-9(2-4-10)7-21(20)11-17-5-6-18-11/h1-6H,7-8H2,(H,17,18). The third kappa shape index (κ3) is 4.55. The van der Waals surface area contributed by atoms with E-state index in [2.05, 4.69) is 9.97 Å². The minimum absolute atomic E-state index is 0.138. The fourth-order valence-electron chi connectivity index (χ4n) is 1.60. The van der Waals surface area contributed by atoms with Crippen LogP contribution in [-0.2, 0) is 16.6 Å². The predicted molar refractivity (Wildman–Crippen MR) is 69.7 cm³/mol. The molecule has 0 spiro atoms. The van der Waals surface area contributed by atoms with Crippen molar-refractivity contribution in [1.29, 1.82) is 0 Å². The van der Waals surface area contributed by atoms with E-state index in [0.717, 1.165) is 0 Å². The number of rotatable bonds is 5. The molecule has 1 unspecified atom stereocenters. The van der Waals surface area contributed by atoms with E-state index in [0.29, 0.717) is 10.7 Å². The first kappa shape index (κ1) is 15.5. The van der Waals surface area contributed by atoms with Crippen molar-refractivity contribution in [3.8, 4) is 0 Å². The van der Waals surface area contributed by atoms with Crippen molar-refractivity contribution in [3.63, 3.8) is 0 Å². The molecule has 9 heteroatoms. The number of anilines is 1. The molecule has 114 valence electrons. The van der Waals surface area contributed by atoms with E-state index in [1.165, 1.54) is 36.7 Å². The van der Waals surface area contributed by atoms with Crippen molar-refractivity contribution in [2.45, 2.75) is 17.1 Å². The van der Waals surface area contributed by atoms with Gasteiger partial charge in [-0.05, 0) is 17.7 Å². The number of benzene rings is 1. The zero-order chi connectivity index (χ0) is 15.5. The van der Waals surface area contributed by atoms with Gasteiger partial charge >= 0.3 is 6.18 Å². The third-order valence-electron chi connectivity index (χ3n) is 2.52. The summed E-state index contributed by atoms with van der Waals surface area (Å²) in [7, 11) is -1.39. The maximum Gasteiger partial charge on any atom is 0.408 e. The summed E-state index contributed by atoms with van der Waals surface area (Å²) in [5.41, 5.74) is 0.397. The predicted octanol–water partition coefficient (Wildman–Crippen LogP) is 2.97. The maximum absolute atomic E-state index is 13.3. The number of hydrogen-bond donors (Lipinski definition) is 1. The topological polar surface area (TPSA) is 49.0 Å². The highest BCUT2D eigenvalue weighted by Crippen LogP contribution is 2.23. The Morgan fingerprint density at radius 2 is 1.90 bits per heavy atom. The SMILES string of the molecule is O=S(Cc1ccc(N(F)CC(F)(F)F)cc1)c1ncc[nH]1. The second-order valence-corrected chi connectivity index (χ2v) is 5.55. The molecule has 0 saturated heterocycles. The molecule has 0 radical (unpaired) electrons. The molecule has 0 amide bonds. The van der Waals surface area contributed by atoms with E-state index >= 15 is 0 Å². The van der Waals surface area contributed by atoms with Gasteiger partial charge < -0.3 is 4.98 Å². The second-order valence-electron chi connectivity index (χ2n) is 4.19. The molecule has 2 aromatic rings. The van der Waals surface area contributed by atoms with Crippen LogP contribution in [0, 0.1) is 0 Å². The van der Waals surface area contributed by atoms with Crippen molar-refractivity contribution >= 4 is 16.5 Å². The molecule has 0 aliphatic carbocycles. The molecule has 0 bridgehead atoms. The lowest BCUT2D eigenvalue weighted by Gasteiger charge is -2.16. The first-order valence-corrected chi connectivity index (χ1v) is 7.14. The van der Waals surface area contributed by atoms with Gasteiger partial charge in [-0.2, -0.15) is 13.2 Å². The minimum atomic E-state index is -4.62.